The van der Waals surface area contributed by atoms with Crippen LogP contribution in [-0.2, 0) is 16.1 Å². The summed E-state index contributed by atoms with van der Waals surface area (Å²) in [4.78, 5) is 23.3. The van der Waals surface area contributed by atoms with E-state index >= 15 is 0 Å². The number of methoxy groups -OCH3 is 2. The van der Waals surface area contributed by atoms with E-state index in [1.807, 2.05) is 22.8 Å². The summed E-state index contributed by atoms with van der Waals surface area (Å²) < 4.78 is 12.0. The molecule has 33 heavy (non-hydrogen) atoms. The van der Waals surface area contributed by atoms with Gasteiger partial charge in [0, 0.05) is 25.8 Å². The molecule has 0 spiro atoms. The molecule has 0 fully saturated rings. The largest absolute Gasteiger partial charge is 0.496 e. The third kappa shape index (κ3) is 6.21. The van der Waals surface area contributed by atoms with Crippen LogP contribution in [0.25, 0.3) is 11.4 Å². The summed E-state index contributed by atoms with van der Waals surface area (Å²) >= 11 is 7.51. The Morgan fingerprint density at radius 1 is 1.24 bits per heavy atom. The van der Waals surface area contributed by atoms with E-state index in [4.69, 9.17) is 21.1 Å². The van der Waals surface area contributed by atoms with Crippen LogP contribution in [0.1, 0.15) is 6.42 Å². The van der Waals surface area contributed by atoms with E-state index in [0.717, 1.165) is 5.56 Å². The minimum Gasteiger partial charge on any atom is -0.496 e. The fraction of sp³-hybridized carbons (Fsp3) is 0.286. The topological polar surface area (TPSA) is 121 Å². The van der Waals surface area contributed by atoms with Crippen molar-refractivity contribution in [3.05, 3.63) is 57.6 Å². The monoisotopic (exact) mass is 491 g/mol. The number of rotatable bonds is 11. The van der Waals surface area contributed by atoms with E-state index in [2.05, 4.69) is 15.5 Å². The van der Waals surface area contributed by atoms with Crippen molar-refractivity contribution in [3.8, 4) is 17.1 Å². The van der Waals surface area contributed by atoms with E-state index in [9.17, 15) is 14.9 Å². The second-order valence-electron chi connectivity index (χ2n) is 6.76. The van der Waals surface area contributed by atoms with Gasteiger partial charge in [0.2, 0.25) is 5.91 Å². The lowest BCUT2D eigenvalue weighted by Gasteiger charge is -2.11. The van der Waals surface area contributed by atoms with Gasteiger partial charge in [0.25, 0.3) is 5.69 Å². The van der Waals surface area contributed by atoms with Crippen molar-refractivity contribution in [2.24, 2.45) is 0 Å². The maximum atomic E-state index is 12.5. The Bertz CT molecular complexity index is 1140. The Morgan fingerprint density at radius 2 is 2.03 bits per heavy atom. The maximum Gasteiger partial charge on any atom is 0.296 e. The SMILES string of the molecule is COCCCn1c(SCC(=O)Nc2ccc(OC)cc2[N+](=O)[O-])nnc1-c1ccccc1Cl. The Balaban J connectivity index is 1.76. The van der Waals surface area contributed by atoms with Crippen molar-refractivity contribution < 1.29 is 19.2 Å². The van der Waals surface area contributed by atoms with Crippen molar-refractivity contribution in [2.45, 2.75) is 18.1 Å². The van der Waals surface area contributed by atoms with Gasteiger partial charge in [-0.25, -0.2) is 0 Å². The highest BCUT2D eigenvalue weighted by atomic mass is 35.5. The first kappa shape index (κ1) is 24.5. The Labute approximate surface area is 199 Å². The number of hydrogen-bond acceptors (Lipinski definition) is 8. The van der Waals surface area contributed by atoms with E-state index in [1.165, 1.54) is 37.1 Å². The molecule has 0 atom stereocenters. The number of nitro groups is 1. The maximum absolute atomic E-state index is 12.5. The number of nitro benzene ring substituents is 1. The standard InChI is InChI=1S/C21H22ClN5O5S/c1-31-11-5-10-26-20(15-6-3-4-7-16(15)22)24-25-21(26)33-13-19(28)23-17-9-8-14(32-2)12-18(17)27(29)30/h3-4,6-9,12H,5,10-11,13H2,1-2H3,(H,23,28). The van der Waals surface area contributed by atoms with Gasteiger partial charge in [-0.3, -0.25) is 14.9 Å². The molecule has 0 aliphatic rings. The number of thioether (sulfide) groups is 1. The smallest absolute Gasteiger partial charge is 0.296 e. The minimum atomic E-state index is -0.576. The second-order valence-corrected chi connectivity index (χ2v) is 8.11. The van der Waals surface area contributed by atoms with Crippen LogP contribution >= 0.6 is 23.4 Å². The van der Waals surface area contributed by atoms with Crippen LogP contribution < -0.4 is 10.1 Å². The number of ether oxygens (including phenoxy) is 2. The van der Waals surface area contributed by atoms with Crippen LogP contribution in [0.2, 0.25) is 5.02 Å². The molecular formula is C21H22ClN5O5S. The first-order valence-corrected chi connectivity index (χ1v) is 11.2. The van der Waals surface area contributed by atoms with Gasteiger partial charge in [-0.2, -0.15) is 0 Å². The lowest BCUT2D eigenvalue weighted by atomic mass is 10.2. The number of carbonyl (C=O) groups excluding carboxylic acids is 1. The molecule has 0 unspecified atom stereocenters. The summed E-state index contributed by atoms with van der Waals surface area (Å²) in [6.07, 6.45) is 0.712. The van der Waals surface area contributed by atoms with Gasteiger partial charge in [0.15, 0.2) is 11.0 Å². The lowest BCUT2D eigenvalue weighted by molar-refractivity contribution is -0.384. The van der Waals surface area contributed by atoms with Crippen LogP contribution in [0.3, 0.4) is 0 Å². The summed E-state index contributed by atoms with van der Waals surface area (Å²) in [5.41, 5.74) is 0.565. The van der Waals surface area contributed by atoms with Crippen LogP contribution in [-0.4, -0.2) is 52.2 Å². The normalized spacial score (nSPS) is 10.8. The first-order valence-electron chi connectivity index (χ1n) is 9.86. The molecule has 0 bridgehead atoms. The summed E-state index contributed by atoms with van der Waals surface area (Å²) in [5.74, 6) is 0.475. The number of halogens is 1. The zero-order valence-electron chi connectivity index (χ0n) is 18.0. The van der Waals surface area contributed by atoms with Gasteiger partial charge in [-0.15, -0.1) is 10.2 Å². The Morgan fingerprint density at radius 3 is 2.73 bits per heavy atom. The molecule has 1 N–H and O–H groups in total. The van der Waals surface area contributed by atoms with Gasteiger partial charge in [0.1, 0.15) is 11.4 Å². The third-order valence-electron chi connectivity index (χ3n) is 4.57. The Hall–Kier alpha value is -3.15. The number of hydrogen-bond donors (Lipinski definition) is 1. The van der Waals surface area contributed by atoms with Crippen molar-refractivity contribution >= 4 is 40.6 Å². The zero-order valence-corrected chi connectivity index (χ0v) is 19.6. The molecular weight excluding hydrogens is 470 g/mol. The van der Waals surface area contributed by atoms with Gasteiger partial charge >= 0.3 is 0 Å². The van der Waals surface area contributed by atoms with E-state index < -0.39 is 10.8 Å². The molecule has 0 radical (unpaired) electrons. The van der Waals surface area contributed by atoms with E-state index in [1.54, 1.807) is 13.2 Å². The summed E-state index contributed by atoms with van der Waals surface area (Å²) in [6, 6.07) is 11.5. The number of amides is 1. The van der Waals surface area contributed by atoms with E-state index in [-0.39, 0.29) is 17.1 Å². The lowest BCUT2D eigenvalue weighted by Crippen LogP contribution is -2.16. The fourth-order valence-electron chi connectivity index (χ4n) is 3.02. The van der Waals surface area contributed by atoms with Gasteiger partial charge in [-0.05, 0) is 30.7 Å². The van der Waals surface area contributed by atoms with Crippen molar-refractivity contribution in [1.29, 1.82) is 0 Å². The first-order chi connectivity index (χ1) is 15.9. The molecule has 0 aliphatic heterocycles. The van der Waals surface area contributed by atoms with Gasteiger partial charge in [0.05, 0.1) is 28.9 Å². The number of nitrogens with zero attached hydrogens (tertiary/aromatic N) is 4. The quantitative estimate of drug-likeness (QED) is 0.182. The average Bonchev–Trinajstić information content (AvgIpc) is 3.20. The van der Waals surface area contributed by atoms with Crippen LogP contribution in [0.15, 0.2) is 47.6 Å². The van der Waals surface area contributed by atoms with Gasteiger partial charge in [-0.1, -0.05) is 35.5 Å². The average molecular weight is 492 g/mol. The molecule has 1 amide bonds. The van der Waals surface area contributed by atoms with Crippen molar-refractivity contribution in [3.63, 3.8) is 0 Å². The Kier molecular flexibility index (Phi) is 8.64. The highest BCUT2D eigenvalue weighted by Gasteiger charge is 2.20. The molecule has 3 rings (SSSR count). The number of aromatic nitrogens is 3. The zero-order chi connectivity index (χ0) is 23.8. The molecule has 10 nitrogen and oxygen atoms in total. The molecule has 0 aliphatic carbocycles. The molecule has 0 saturated heterocycles. The molecule has 2 aromatic carbocycles. The minimum absolute atomic E-state index is 0.0197. The number of carbonyl (C=O) groups is 1. The van der Waals surface area contributed by atoms with Crippen LogP contribution in [0.4, 0.5) is 11.4 Å². The van der Waals surface area contributed by atoms with E-state index in [0.29, 0.717) is 41.3 Å². The molecule has 0 saturated carbocycles. The number of benzene rings is 2. The van der Waals surface area contributed by atoms with Crippen molar-refractivity contribution in [1.82, 2.24) is 14.8 Å². The highest BCUT2D eigenvalue weighted by Crippen LogP contribution is 2.31. The predicted octanol–water partition coefficient (Wildman–Crippen LogP) is 4.28. The number of nitrogens with one attached hydrogen (secondary N) is 1. The number of anilines is 1. The molecule has 12 heteroatoms. The predicted molar refractivity (Wildman–Crippen MR) is 126 cm³/mol. The fourth-order valence-corrected chi connectivity index (χ4v) is 4.00. The van der Waals surface area contributed by atoms with Crippen molar-refractivity contribution in [2.75, 3.05) is 31.9 Å². The summed E-state index contributed by atoms with van der Waals surface area (Å²) in [6.45, 7) is 1.11. The summed E-state index contributed by atoms with van der Waals surface area (Å²) in [5, 5.41) is 23.5. The van der Waals surface area contributed by atoms with Crippen LogP contribution in [0.5, 0.6) is 5.75 Å². The molecule has 1 heterocycles. The van der Waals surface area contributed by atoms with Crippen LogP contribution in [0, 0.1) is 10.1 Å². The molecule has 1 aromatic heterocycles. The third-order valence-corrected chi connectivity index (χ3v) is 5.87. The second kappa shape index (κ2) is 11.6. The molecule has 3 aromatic rings. The molecule has 174 valence electrons. The van der Waals surface area contributed by atoms with Gasteiger partial charge < -0.3 is 19.4 Å². The highest BCUT2D eigenvalue weighted by molar-refractivity contribution is 7.99. The summed E-state index contributed by atoms with van der Waals surface area (Å²) in [7, 11) is 3.03.